The number of carbonyl (C=O) groups is 1. The fourth-order valence-electron chi connectivity index (χ4n) is 4.97. The van der Waals surface area contributed by atoms with Crippen molar-refractivity contribution < 1.29 is 26.7 Å². The summed E-state index contributed by atoms with van der Waals surface area (Å²) < 4.78 is 58.4. The first-order valence-electron chi connectivity index (χ1n) is 13.4. The molecule has 0 amide bonds. The second-order valence-electron chi connectivity index (χ2n) is 12.2. The zero-order chi connectivity index (χ0) is 27.8. The van der Waals surface area contributed by atoms with Crippen LogP contribution in [0, 0.1) is 5.41 Å². The molecule has 208 valence electrons. The van der Waals surface area contributed by atoms with Crippen LogP contribution in [-0.4, -0.2) is 55.7 Å². The van der Waals surface area contributed by atoms with E-state index < -0.39 is 26.5 Å². The molecule has 2 aromatic rings. The van der Waals surface area contributed by atoms with E-state index in [4.69, 9.17) is 4.74 Å². The average Bonchev–Trinajstić information content (AvgIpc) is 3.71. The normalized spacial score (nSPS) is 18.8. The number of alkyl halides is 2. The zero-order valence-corrected chi connectivity index (χ0v) is 23.6. The molecule has 0 atom stereocenters. The van der Waals surface area contributed by atoms with Gasteiger partial charge in [-0.3, -0.25) is 4.79 Å². The standard InChI is InChI=1S/C30H39F2NO4S/c1-28(2,3)21-37-27(34)30(17-19-33(20-18-30)25-11-12-25)38(35,36)26-13-9-24(10-14-26)23-7-5-22(6-8-23)15-16-29(4,31)32/h5-10,13-14,25H,11-12,15-21H2,1-4H3. The third-order valence-electron chi connectivity index (χ3n) is 7.50. The molecule has 1 saturated heterocycles. The van der Waals surface area contributed by atoms with Crippen LogP contribution in [0.15, 0.2) is 53.4 Å². The minimum Gasteiger partial charge on any atom is -0.464 e. The Kier molecular flexibility index (Phi) is 8.06. The molecule has 0 spiro atoms. The summed E-state index contributed by atoms with van der Waals surface area (Å²) in [6, 6.07) is 14.4. The number of carbonyl (C=O) groups excluding carboxylic acids is 1. The summed E-state index contributed by atoms with van der Waals surface area (Å²) in [6.45, 7) is 8.03. The molecular formula is C30H39F2NO4S. The van der Waals surface area contributed by atoms with Crippen molar-refractivity contribution in [2.45, 2.75) is 87.8 Å². The Balaban J connectivity index is 1.55. The Hall–Kier alpha value is -2.32. The highest BCUT2D eigenvalue weighted by molar-refractivity contribution is 7.93. The highest BCUT2D eigenvalue weighted by Crippen LogP contribution is 2.40. The van der Waals surface area contributed by atoms with E-state index in [9.17, 15) is 22.0 Å². The number of sulfone groups is 1. The van der Waals surface area contributed by atoms with E-state index in [1.165, 1.54) is 0 Å². The summed E-state index contributed by atoms with van der Waals surface area (Å²) in [4.78, 5) is 15.8. The monoisotopic (exact) mass is 547 g/mol. The number of benzene rings is 2. The van der Waals surface area contributed by atoms with E-state index in [1.807, 2.05) is 45.0 Å². The van der Waals surface area contributed by atoms with Crippen LogP contribution in [-0.2, 0) is 25.8 Å². The molecule has 1 aliphatic heterocycles. The number of hydrogen-bond acceptors (Lipinski definition) is 5. The van der Waals surface area contributed by atoms with E-state index in [2.05, 4.69) is 4.90 Å². The molecule has 0 N–H and O–H groups in total. The van der Waals surface area contributed by atoms with E-state index in [-0.39, 0.29) is 42.6 Å². The lowest BCUT2D eigenvalue weighted by Crippen LogP contribution is -2.55. The zero-order valence-electron chi connectivity index (χ0n) is 22.8. The maximum absolute atomic E-state index is 14.0. The number of piperidine rings is 1. The third kappa shape index (κ3) is 6.63. The quantitative estimate of drug-likeness (QED) is 0.345. The lowest BCUT2D eigenvalue weighted by Gasteiger charge is -2.39. The Morgan fingerprint density at radius 1 is 0.947 bits per heavy atom. The summed E-state index contributed by atoms with van der Waals surface area (Å²) in [5.41, 5.74) is 2.22. The topological polar surface area (TPSA) is 63.7 Å². The van der Waals surface area contributed by atoms with Crippen LogP contribution >= 0.6 is 0 Å². The van der Waals surface area contributed by atoms with Crippen LogP contribution in [0.1, 0.15) is 65.4 Å². The summed E-state index contributed by atoms with van der Waals surface area (Å²) >= 11 is 0. The third-order valence-corrected chi connectivity index (χ3v) is 9.99. The number of likely N-dealkylation sites (tertiary alicyclic amines) is 1. The lowest BCUT2D eigenvalue weighted by molar-refractivity contribution is -0.151. The minimum absolute atomic E-state index is 0.107. The van der Waals surface area contributed by atoms with Crippen LogP contribution in [0.25, 0.3) is 11.1 Å². The van der Waals surface area contributed by atoms with E-state index in [0.29, 0.717) is 19.1 Å². The van der Waals surface area contributed by atoms with Crippen molar-refractivity contribution in [3.05, 3.63) is 54.1 Å². The van der Waals surface area contributed by atoms with Gasteiger partial charge in [-0.15, -0.1) is 0 Å². The number of hydrogen-bond donors (Lipinski definition) is 0. The maximum Gasteiger partial charge on any atom is 0.327 e. The summed E-state index contributed by atoms with van der Waals surface area (Å²) in [5, 5.41) is 0. The molecule has 0 bridgehead atoms. The largest absolute Gasteiger partial charge is 0.464 e. The number of ether oxygens (including phenoxy) is 1. The maximum atomic E-state index is 14.0. The van der Waals surface area contributed by atoms with Gasteiger partial charge in [0.2, 0.25) is 5.92 Å². The van der Waals surface area contributed by atoms with Crippen molar-refractivity contribution in [1.29, 1.82) is 0 Å². The average molecular weight is 548 g/mol. The Morgan fingerprint density at radius 3 is 1.95 bits per heavy atom. The number of esters is 1. The van der Waals surface area contributed by atoms with Crippen molar-refractivity contribution in [3.63, 3.8) is 0 Å². The van der Waals surface area contributed by atoms with Gasteiger partial charge in [0.05, 0.1) is 11.5 Å². The van der Waals surface area contributed by atoms with Gasteiger partial charge < -0.3 is 9.64 Å². The molecule has 2 aromatic carbocycles. The van der Waals surface area contributed by atoms with Crippen LogP contribution < -0.4 is 0 Å². The highest BCUT2D eigenvalue weighted by Gasteiger charge is 2.55. The van der Waals surface area contributed by atoms with Gasteiger partial charge in [0.15, 0.2) is 14.6 Å². The summed E-state index contributed by atoms with van der Waals surface area (Å²) in [5.74, 6) is -3.36. The van der Waals surface area contributed by atoms with Crippen molar-refractivity contribution in [2.24, 2.45) is 5.41 Å². The Bertz CT molecular complexity index is 1220. The molecule has 0 radical (unpaired) electrons. The van der Waals surface area contributed by atoms with Crippen LogP contribution in [0.5, 0.6) is 0 Å². The molecule has 38 heavy (non-hydrogen) atoms. The van der Waals surface area contributed by atoms with Gasteiger partial charge in [-0.25, -0.2) is 17.2 Å². The lowest BCUT2D eigenvalue weighted by atomic mass is 9.94. The first-order valence-corrected chi connectivity index (χ1v) is 14.9. The summed E-state index contributed by atoms with van der Waals surface area (Å²) in [6.07, 6.45) is 2.76. The van der Waals surface area contributed by atoms with E-state index in [1.54, 1.807) is 24.3 Å². The Morgan fingerprint density at radius 2 is 1.47 bits per heavy atom. The predicted octanol–water partition coefficient (Wildman–Crippen LogP) is 6.30. The molecule has 5 nitrogen and oxygen atoms in total. The smallest absolute Gasteiger partial charge is 0.327 e. The molecule has 0 unspecified atom stereocenters. The molecule has 2 fully saturated rings. The fourth-order valence-corrected chi connectivity index (χ4v) is 6.91. The SMILES string of the molecule is CC(C)(C)COC(=O)C1(S(=O)(=O)c2ccc(-c3ccc(CCC(C)(F)F)cc3)cc2)CCN(C2CC2)CC1. The van der Waals surface area contributed by atoms with Gasteiger partial charge in [0.25, 0.3) is 0 Å². The molecule has 2 aliphatic rings. The second kappa shape index (κ2) is 10.7. The number of halogens is 2. The van der Waals surface area contributed by atoms with Gasteiger partial charge in [0.1, 0.15) is 0 Å². The van der Waals surface area contributed by atoms with Gasteiger partial charge in [-0.05, 0) is 73.3 Å². The molecule has 1 saturated carbocycles. The first-order chi connectivity index (χ1) is 17.7. The Labute approximate surface area is 225 Å². The number of rotatable bonds is 9. The van der Waals surface area contributed by atoms with Crippen molar-refractivity contribution in [3.8, 4) is 11.1 Å². The molecule has 1 aliphatic carbocycles. The number of nitrogens with zero attached hydrogens (tertiary/aromatic N) is 1. The molecule has 4 rings (SSSR count). The predicted molar refractivity (Wildman–Crippen MR) is 145 cm³/mol. The van der Waals surface area contributed by atoms with E-state index >= 15 is 0 Å². The minimum atomic E-state index is -4.02. The summed E-state index contributed by atoms with van der Waals surface area (Å²) in [7, 11) is -4.02. The van der Waals surface area contributed by atoms with Crippen molar-refractivity contribution in [2.75, 3.05) is 19.7 Å². The molecular weight excluding hydrogens is 508 g/mol. The van der Waals surface area contributed by atoms with Gasteiger partial charge in [0, 0.05) is 25.6 Å². The van der Waals surface area contributed by atoms with Crippen LogP contribution in [0.4, 0.5) is 8.78 Å². The highest BCUT2D eigenvalue weighted by atomic mass is 32.2. The van der Waals surface area contributed by atoms with Crippen molar-refractivity contribution in [1.82, 2.24) is 4.90 Å². The van der Waals surface area contributed by atoms with Crippen LogP contribution in [0.2, 0.25) is 0 Å². The molecule has 1 heterocycles. The second-order valence-corrected chi connectivity index (χ2v) is 14.5. The number of aryl methyl sites for hydroxylation is 1. The van der Waals surface area contributed by atoms with Gasteiger partial charge >= 0.3 is 5.97 Å². The molecule has 0 aromatic heterocycles. The van der Waals surface area contributed by atoms with Crippen LogP contribution in [0.3, 0.4) is 0 Å². The first kappa shape index (κ1) is 28.7. The van der Waals surface area contributed by atoms with Crippen molar-refractivity contribution >= 4 is 15.8 Å². The van der Waals surface area contributed by atoms with E-state index in [0.717, 1.165) is 36.5 Å². The van der Waals surface area contributed by atoms with Gasteiger partial charge in [-0.2, -0.15) is 0 Å². The molecule has 8 heteroatoms. The van der Waals surface area contributed by atoms with Gasteiger partial charge in [-0.1, -0.05) is 57.2 Å². The fraction of sp³-hybridized carbons (Fsp3) is 0.567.